The Labute approximate surface area is 342 Å². The van der Waals surface area contributed by atoms with Crippen molar-refractivity contribution in [1.29, 1.82) is 0 Å². The van der Waals surface area contributed by atoms with E-state index in [2.05, 4.69) is 27.7 Å². The first-order valence-electron chi connectivity index (χ1n) is 24.4. The van der Waals surface area contributed by atoms with Crippen LogP contribution in [0.1, 0.15) is 272 Å². The molecule has 0 radical (unpaired) electrons. The zero-order chi connectivity index (χ0) is 40.3. The average Bonchev–Trinajstić information content (AvgIpc) is 3.17. The van der Waals surface area contributed by atoms with Gasteiger partial charge in [-0.15, -0.1) is 0 Å². The van der Waals surface area contributed by atoms with Gasteiger partial charge in [0, 0.05) is 19.3 Å². The smallest absolute Gasteiger partial charge is 0.306 e. The lowest BCUT2D eigenvalue weighted by atomic mass is 10.0. The Hall–Kier alpha value is -1.59. The maximum Gasteiger partial charge on any atom is 0.306 e. The largest absolute Gasteiger partial charge is 0.462 e. The summed E-state index contributed by atoms with van der Waals surface area (Å²) < 4.78 is 16.7. The summed E-state index contributed by atoms with van der Waals surface area (Å²) in [6, 6.07) is 0. The van der Waals surface area contributed by atoms with Gasteiger partial charge in [-0.05, 0) is 25.2 Å². The number of rotatable bonds is 44. The van der Waals surface area contributed by atoms with E-state index in [0.717, 1.165) is 63.7 Å². The van der Waals surface area contributed by atoms with Gasteiger partial charge in [0.1, 0.15) is 13.2 Å². The summed E-state index contributed by atoms with van der Waals surface area (Å²) in [5, 5.41) is 0. The molecule has 6 nitrogen and oxygen atoms in total. The highest BCUT2D eigenvalue weighted by molar-refractivity contribution is 5.71. The minimum atomic E-state index is -0.759. The Bertz CT molecular complexity index is 826. The summed E-state index contributed by atoms with van der Waals surface area (Å²) in [5.74, 6) is -0.0401. The minimum Gasteiger partial charge on any atom is -0.462 e. The first-order chi connectivity index (χ1) is 26.9. The molecular formula is C49H94O6. The molecule has 1 atom stereocenters. The summed E-state index contributed by atoms with van der Waals surface area (Å²) in [7, 11) is 0. The predicted molar refractivity (Wildman–Crippen MR) is 233 cm³/mol. The van der Waals surface area contributed by atoms with Crippen LogP contribution in [0.5, 0.6) is 0 Å². The molecule has 0 bridgehead atoms. The van der Waals surface area contributed by atoms with E-state index in [1.165, 1.54) is 167 Å². The van der Waals surface area contributed by atoms with Gasteiger partial charge >= 0.3 is 17.9 Å². The Kier molecular flexibility index (Phi) is 42.3. The minimum absolute atomic E-state index is 0.0638. The molecule has 55 heavy (non-hydrogen) atoms. The number of hydrogen-bond donors (Lipinski definition) is 0. The molecule has 0 unspecified atom stereocenters. The number of unbranched alkanes of at least 4 members (excludes halogenated alkanes) is 31. The van der Waals surface area contributed by atoms with Crippen molar-refractivity contribution < 1.29 is 28.6 Å². The molecule has 0 aromatic rings. The van der Waals surface area contributed by atoms with E-state index >= 15 is 0 Å². The van der Waals surface area contributed by atoms with Crippen molar-refractivity contribution in [2.45, 2.75) is 278 Å². The Morgan fingerprint density at radius 2 is 0.600 bits per heavy atom. The van der Waals surface area contributed by atoms with Crippen LogP contribution in [0.4, 0.5) is 0 Å². The third-order valence-corrected chi connectivity index (χ3v) is 11.0. The lowest BCUT2D eigenvalue weighted by Crippen LogP contribution is -2.30. The molecule has 0 aromatic heterocycles. The number of hydrogen-bond acceptors (Lipinski definition) is 6. The molecule has 0 N–H and O–H groups in total. The van der Waals surface area contributed by atoms with Crippen LogP contribution in [-0.2, 0) is 28.6 Å². The molecule has 0 aromatic carbocycles. The van der Waals surface area contributed by atoms with Gasteiger partial charge in [0.05, 0.1) is 0 Å². The van der Waals surface area contributed by atoms with Crippen LogP contribution in [0.3, 0.4) is 0 Å². The fraction of sp³-hybridized carbons (Fsp3) is 0.939. The van der Waals surface area contributed by atoms with Crippen LogP contribution in [-0.4, -0.2) is 37.2 Å². The lowest BCUT2D eigenvalue weighted by molar-refractivity contribution is -0.167. The van der Waals surface area contributed by atoms with Gasteiger partial charge in [-0.3, -0.25) is 14.4 Å². The van der Waals surface area contributed by atoms with Crippen LogP contribution in [0, 0.1) is 5.92 Å². The monoisotopic (exact) mass is 779 g/mol. The van der Waals surface area contributed by atoms with Gasteiger partial charge in [-0.2, -0.15) is 0 Å². The topological polar surface area (TPSA) is 78.9 Å². The van der Waals surface area contributed by atoms with E-state index in [4.69, 9.17) is 14.2 Å². The standard InChI is InChI=1S/C49H94O6/c1-5-7-9-11-13-14-15-16-17-18-19-20-21-25-29-33-37-41-48(51)54-44-46(43-53-47(50)40-36-32-27-12-10-8-6-2)55-49(52)42-38-34-30-26-23-22-24-28-31-35-39-45(3)4/h45-46H,5-44H2,1-4H3/t46-/m0/s1. The SMILES string of the molecule is CCCCCCCCCCCCCCCCCCCC(=O)OC[C@H](COC(=O)CCCCCCCCC)OC(=O)CCCCCCCCCCCCC(C)C. The van der Waals surface area contributed by atoms with Gasteiger partial charge < -0.3 is 14.2 Å². The molecule has 0 saturated heterocycles. The van der Waals surface area contributed by atoms with E-state index in [0.29, 0.717) is 19.3 Å². The number of carbonyl (C=O) groups excluding carboxylic acids is 3. The molecule has 0 saturated carbocycles. The molecular weight excluding hydrogens is 685 g/mol. The predicted octanol–water partition coefficient (Wildman–Crippen LogP) is 15.5. The van der Waals surface area contributed by atoms with Gasteiger partial charge in [-0.25, -0.2) is 0 Å². The van der Waals surface area contributed by atoms with Gasteiger partial charge in [-0.1, -0.05) is 233 Å². The highest BCUT2D eigenvalue weighted by atomic mass is 16.6. The van der Waals surface area contributed by atoms with Crippen molar-refractivity contribution in [3.8, 4) is 0 Å². The van der Waals surface area contributed by atoms with Gasteiger partial charge in [0.2, 0.25) is 0 Å². The fourth-order valence-corrected chi connectivity index (χ4v) is 7.33. The lowest BCUT2D eigenvalue weighted by Gasteiger charge is -2.18. The Morgan fingerprint density at radius 3 is 0.891 bits per heavy atom. The van der Waals surface area contributed by atoms with Crippen LogP contribution in [0.25, 0.3) is 0 Å². The second kappa shape index (κ2) is 43.5. The van der Waals surface area contributed by atoms with E-state index < -0.39 is 6.10 Å². The molecule has 0 spiro atoms. The number of esters is 3. The van der Waals surface area contributed by atoms with Crippen LogP contribution in [0.15, 0.2) is 0 Å². The summed E-state index contributed by atoms with van der Waals surface area (Å²) in [4.78, 5) is 37.7. The summed E-state index contributed by atoms with van der Waals surface area (Å²) in [5.41, 5.74) is 0. The van der Waals surface area contributed by atoms with Crippen LogP contribution >= 0.6 is 0 Å². The van der Waals surface area contributed by atoms with Crippen molar-refractivity contribution in [3.05, 3.63) is 0 Å². The maximum atomic E-state index is 12.7. The highest BCUT2D eigenvalue weighted by Crippen LogP contribution is 2.17. The van der Waals surface area contributed by atoms with Crippen molar-refractivity contribution >= 4 is 17.9 Å². The molecule has 0 fully saturated rings. The molecule has 0 rings (SSSR count). The maximum absolute atomic E-state index is 12.7. The highest BCUT2D eigenvalue weighted by Gasteiger charge is 2.19. The first-order valence-corrected chi connectivity index (χ1v) is 24.4. The Balaban J connectivity index is 4.21. The van der Waals surface area contributed by atoms with Gasteiger partial charge in [0.25, 0.3) is 0 Å². The van der Waals surface area contributed by atoms with Crippen LogP contribution in [0.2, 0.25) is 0 Å². The third kappa shape index (κ3) is 43.4. The summed E-state index contributed by atoms with van der Waals surface area (Å²) >= 11 is 0. The quantitative estimate of drug-likeness (QED) is 0.0348. The van der Waals surface area contributed by atoms with Crippen molar-refractivity contribution in [3.63, 3.8) is 0 Å². The van der Waals surface area contributed by atoms with Crippen molar-refractivity contribution in [2.24, 2.45) is 5.92 Å². The molecule has 0 amide bonds. The molecule has 326 valence electrons. The molecule has 0 aliphatic heterocycles. The second-order valence-electron chi connectivity index (χ2n) is 17.2. The first kappa shape index (κ1) is 53.4. The normalized spacial score (nSPS) is 11.9. The third-order valence-electron chi connectivity index (χ3n) is 11.0. The Morgan fingerprint density at radius 1 is 0.345 bits per heavy atom. The number of carbonyl (C=O) groups is 3. The molecule has 6 heteroatoms. The zero-order valence-electron chi connectivity index (χ0n) is 37.4. The summed E-state index contributed by atoms with van der Waals surface area (Å²) in [6.45, 7) is 8.96. The van der Waals surface area contributed by atoms with Crippen LogP contribution < -0.4 is 0 Å². The molecule has 0 heterocycles. The average molecular weight is 779 g/mol. The zero-order valence-corrected chi connectivity index (χ0v) is 37.4. The summed E-state index contributed by atoms with van der Waals surface area (Å²) in [6.07, 6.45) is 43.9. The van der Waals surface area contributed by atoms with E-state index in [9.17, 15) is 14.4 Å². The van der Waals surface area contributed by atoms with Crippen molar-refractivity contribution in [1.82, 2.24) is 0 Å². The van der Waals surface area contributed by atoms with Crippen molar-refractivity contribution in [2.75, 3.05) is 13.2 Å². The van der Waals surface area contributed by atoms with E-state index in [-0.39, 0.29) is 31.1 Å². The molecule has 0 aliphatic rings. The molecule has 0 aliphatic carbocycles. The van der Waals surface area contributed by atoms with Gasteiger partial charge in [0.15, 0.2) is 6.10 Å². The van der Waals surface area contributed by atoms with E-state index in [1.807, 2.05) is 0 Å². The number of ether oxygens (including phenoxy) is 3. The van der Waals surface area contributed by atoms with E-state index in [1.54, 1.807) is 0 Å². The second-order valence-corrected chi connectivity index (χ2v) is 17.2. The fourth-order valence-electron chi connectivity index (χ4n) is 7.33.